The molecular formula is C25H30N4O2. The number of aromatic nitrogens is 1. The molecule has 0 saturated carbocycles. The number of anilines is 1. The van der Waals surface area contributed by atoms with Crippen molar-refractivity contribution in [1.82, 2.24) is 14.8 Å². The van der Waals surface area contributed by atoms with Gasteiger partial charge in [-0.2, -0.15) is 0 Å². The first-order chi connectivity index (χ1) is 15.0. The lowest BCUT2D eigenvalue weighted by molar-refractivity contribution is 0.102. The van der Waals surface area contributed by atoms with E-state index in [4.69, 9.17) is 4.42 Å². The Morgan fingerprint density at radius 2 is 1.58 bits per heavy atom. The van der Waals surface area contributed by atoms with Crippen LogP contribution in [-0.2, 0) is 13.1 Å². The monoisotopic (exact) mass is 418 g/mol. The second-order valence-electron chi connectivity index (χ2n) is 8.44. The highest BCUT2D eigenvalue weighted by Gasteiger charge is 2.20. The Bertz CT molecular complexity index is 1030. The zero-order valence-electron chi connectivity index (χ0n) is 18.5. The van der Waals surface area contributed by atoms with Crippen LogP contribution >= 0.6 is 0 Å². The predicted molar refractivity (Wildman–Crippen MR) is 122 cm³/mol. The van der Waals surface area contributed by atoms with Crippen molar-refractivity contribution in [3.8, 4) is 0 Å². The number of hydrogen-bond donors (Lipinski definition) is 1. The quantitative estimate of drug-likeness (QED) is 0.651. The molecule has 1 N–H and O–H groups in total. The molecule has 6 nitrogen and oxygen atoms in total. The lowest BCUT2D eigenvalue weighted by Gasteiger charge is -2.34. The predicted octanol–water partition coefficient (Wildman–Crippen LogP) is 4.17. The van der Waals surface area contributed by atoms with Gasteiger partial charge in [-0.3, -0.25) is 14.6 Å². The van der Waals surface area contributed by atoms with Crippen LogP contribution in [0.15, 0.2) is 53.1 Å². The summed E-state index contributed by atoms with van der Waals surface area (Å²) in [7, 11) is 0. The number of aryl methyl sites for hydroxylation is 3. The van der Waals surface area contributed by atoms with Crippen LogP contribution in [0.4, 0.5) is 5.69 Å². The molecule has 4 rings (SSSR count). The molecule has 1 aliphatic rings. The standard InChI is InChI=1S/C25H30N4O2/c1-18-5-8-21(9-6-18)15-28-10-12-29(13-11-28)16-24-26-23(17-31-24)25(30)27-22-14-19(2)4-7-20(22)3/h4-9,14,17H,10-13,15-16H2,1-3H3,(H,27,30). The van der Waals surface area contributed by atoms with Gasteiger partial charge in [-0.15, -0.1) is 0 Å². The molecular weight excluding hydrogens is 388 g/mol. The molecule has 0 aliphatic carbocycles. The Morgan fingerprint density at radius 3 is 2.29 bits per heavy atom. The van der Waals surface area contributed by atoms with Gasteiger partial charge in [0.05, 0.1) is 6.54 Å². The van der Waals surface area contributed by atoms with Crippen molar-refractivity contribution in [1.29, 1.82) is 0 Å². The topological polar surface area (TPSA) is 61.6 Å². The van der Waals surface area contributed by atoms with Gasteiger partial charge in [0.15, 0.2) is 5.69 Å². The minimum absolute atomic E-state index is 0.244. The van der Waals surface area contributed by atoms with Crippen LogP contribution in [0.1, 0.15) is 38.6 Å². The summed E-state index contributed by atoms with van der Waals surface area (Å²) < 4.78 is 5.59. The van der Waals surface area contributed by atoms with Crippen molar-refractivity contribution < 1.29 is 9.21 Å². The molecule has 2 heterocycles. The zero-order valence-corrected chi connectivity index (χ0v) is 18.5. The number of rotatable bonds is 6. The SMILES string of the molecule is Cc1ccc(CN2CCN(Cc3nc(C(=O)Nc4cc(C)ccc4C)co3)CC2)cc1. The third kappa shape index (κ3) is 5.60. The van der Waals surface area contributed by atoms with Crippen LogP contribution in [0, 0.1) is 20.8 Å². The van der Waals surface area contributed by atoms with Crippen molar-refractivity contribution in [3.05, 3.63) is 82.6 Å². The summed E-state index contributed by atoms with van der Waals surface area (Å²) in [5.41, 5.74) is 5.88. The van der Waals surface area contributed by atoms with Gasteiger partial charge in [-0.1, -0.05) is 42.0 Å². The number of carbonyl (C=O) groups excluding carboxylic acids is 1. The second kappa shape index (κ2) is 9.45. The maximum atomic E-state index is 12.6. The number of piperazine rings is 1. The summed E-state index contributed by atoms with van der Waals surface area (Å²) in [6.45, 7) is 11.6. The summed E-state index contributed by atoms with van der Waals surface area (Å²) >= 11 is 0. The molecule has 0 atom stereocenters. The summed E-state index contributed by atoms with van der Waals surface area (Å²) in [5, 5.41) is 2.93. The maximum Gasteiger partial charge on any atom is 0.277 e. The number of amides is 1. The Morgan fingerprint density at radius 1 is 0.935 bits per heavy atom. The zero-order chi connectivity index (χ0) is 21.8. The summed E-state index contributed by atoms with van der Waals surface area (Å²) in [6, 6.07) is 14.7. The minimum Gasteiger partial charge on any atom is -0.447 e. The number of nitrogens with one attached hydrogen (secondary N) is 1. The van der Waals surface area contributed by atoms with Crippen molar-refractivity contribution >= 4 is 11.6 Å². The average Bonchev–Trinajstić information content (AvgIpc) is 3.22. The molecule has 1 aromatic heterocycles. The van der Waals surface area contributed by atoms with E-state index in [2.05, 4.69) is 51.3 Å². The van der Waals surface area contributed by atoms with Gasteiger partial charge in [0.2, 0.25) is 5.89 Å². The molecule has 1 amide bonds. The fourth-order valence-electron chi connectivity index (χ4n) is 3.79. The van der Waals surface area contributed by atoms with E-state index in [9.17, 15) is 4.79 Å². The van der Waals surface area contributed by atoms with Gasteiger partial charge in [0, 0.05) is 38.4 Å². The highest BCUT2D eigenvalue weighted by atomic mass is 16.3. The highest BCUT2D eigenvalue weighted by Crippen LogP contribution is 2.18. The molecule has 1 saturated heterocycles. The van der Waals surface area contributed by atoms with Crippen molar-refractivity contribution in [2.75, 3.05) is 31.5 Å². The Labute approximate surface area is 183 Å². The van der Waals surface area contributed by atoms with E-state index in [1.165, 1.54) is 17.4 Å². The lowest BCUT2D eigenvalue weighted by Crippen LogP contribution is -2.45. The molecule has 162 valence electrons. The van der Waals surface area contributed by atoms with E-state index < -0.39 is 0 Å². The van der Waals surface area contributed by atoms with Crippen LogP contribution in [0.2, 0.25) is 0 Å². The number of nitrogens with zero attached hydrogens (tertiary/aromatic N) is 3. The molecule has 1 aliphatic heterocycles. The van der Waals surface area contributed by atoms with Gasteiger partial charge >= 0.3 is 0 Å². The molecule has 3 aromatic rings. The van der Waals surface area contributed by atoms with Gasteiger partial charge in [-0.05, 0) is 43.5 Å². The fourth-order valence-corrected chi connectivity index (χ4v) is 3.79. The third-order valence-electron chi connectivity index (χ3n) is 5.78. The first-order valence-corrected chi connectivity index (χ1v) is 10.8. The maximum absolute atomic E-state index is 12.6. The van der Waals surface area contributed by atoms with Crippen LogP contribution in [0.3, 0.4) is 0 Å². The Hall–Kier alpha value is -2.96. The van der Waals surface area contributed by atoms with Crippen LogP contribution in [0.25, 0.3) is 0 Å². The smallest absolute Gasteiger partial charge is 0.277 e. The Kier molecular flexibility index (Phi) is 6.49. The van der Waals surface area contributed by atoms with Crippen LogP contribution < -0.4 is 5.32 Å². The molecule has 6 heteroatoms. The summed E-state index contributed by atoms with van der Waals surface area (Å²) in [6.07, 6.45) is 1.45. The molecule has 0 unspecified atom stereocenters. The van der Waals surface area contributed by atoms with Crippen molar-refractivity contribution in [3.63, 3.8) is 0 Å². The van der Waals surface area contributed by atoms with E-state index in [1.54, 1.807) is 0 Å². The summed E-state index contributed by atoms with van der Waals surface area (Å²) in [4.78, 5) is 21.8. The molecule has 0 radical (unpaired) electrons. The van der Waals surface area contributed by atoms with Gasteiger partial charge in [0.1, 0.15) is 6.26 Å². The molecule has 0 spiro atoms. The number of carbonyl (C=O) groups is 1. The molecule has 2 aromatic carbocycles. The van der Waals surface area contributed by atoms with Gasteiger partial charge in [0.25, 0.3) is 5.91 Å². The van der Waals surface area contributed by atoms with E-state index in [-0.39, 0.29) is 5.91 Å². The first kappa shape index (κ1) is 21.3. The normalized spacial score (nSPS) is 15.2. The highest BCUT2D eigenvalue weighted by molar-refractivity contribution is 6.03. The summed E-state index contributed by atoms with van der Waals surface area (Å²) in [5.74, 6) is 0.338. The molecule has 1 fully saturated rings. The second-order valence-corrected chi connectivity index (χ2v) is 8.44. The largest absolute Gasteiger partial charge is 0.447 e. The Balaban J connectivity index is 1.28. The van der Waals surface area contributed by atoms with E-state index in [0.717, 1.165) is 49.5 Å². The lowest BCUT2D eigenvalue weighted by atomic mass is 10.1. The van der Waals surface area contributed by atoms with Crippen LogP contribution in [0.5, 0.6) is 0 Å². The van der Waals surface area contributed by atoms with Gasteiger partial charge in [-0.25, -0.2) is 4.98 Å². The molecule has 31 heavy (non-hydrogen) atoms. The fraction of sp³-hybridized carbons (Fsp3) is 0.360. The minimum atomic E-state index is -0.244. The van der Waals surface area contributed by atoms with Crippen molar-refractivity contribution in [2.45, 2.75) is 33.9 Å². The van der Waals surface area contributed by atoms with E-state index in [0.29, 0.717) is 18.1 Å². The van der Waals surface area contributed by atoms with Crippen molar-refractivity contribution in [2.24, 2.45) is 0 Å². The number of hydrogen-bond acceptors (Lipinski definition) is 5. The number of benzene rings is 2. The molecule has 0 bridgehead atoms. The van der Waals surface area contributed by atoms with E-state index in [1.807, 2.05) is 32.0 Å². The average molecular weight is 419 g/mol. The van der Waals surface area contributed by atoms with Gasteiger partial charge < -0.3 is 9.73 Å². The third-order valence-corrected chi connectivity index (χ3v) is 5.78. The van der Waals surface area contributed by atoms with E-state index >= 15 is 0 Å². The number of oxazole rings is 1. The first-order valence-electron chi connectivity index (χ1n) is 10.8. The van der Waals surface area contributed by atoms with Crippen LogP contribution in [-0.4, -0.2) is 46.9 Å².